The fraction of sp³-hybridized carbons (Fsp3) is 0.818. The second-order valence-corrected chi connectivity index (χ2v) is 4.58. The molecule has 0 saturated heterocycles. The van der Waals surface area contributed by atoms with Crippen molar-refractivity contribution in [3.63, 3.8) is 0 Å². The Kier molecular flexibility index (Phi) is 3.05. The molecule has 1 aliphatic rings. The summed E-state index contributed by atoms with van der Waals surface area (Å²) < 4.78 is 4.91. The van der Waals surface area contributed by atoms with Crippen LogP contribution in [0.3, 0.4) is 0 Å². The lowest BCUT2D eigenvalue weighted by Gasteiger charge is -2.13. The van der Waals surface area contributed by atoms with Gasteiger partial charge in [0, 0.05) is 13.5 Å². The van der Waals surface area contributed by atoms with Crippen LogP contribution in [-0.4, -0.2) is 16.7 Å². The van der Waals surface area contributed by atoms with Crippen LogP contribution in [0.4, 0.5) is 0 Å². The summed E-state index contributed by atoms with van der Waals surface area (Å²) >= 11 is 0. The van der Waals surface area contributed by atoms with Gasteiger partial charge in [0.05, 0.1) is 6.54 Å². The Hall–Kier alpha value is -0.900. The Labute approximate surface area is 90.4 Å². The Morgan fingerprint density at radius 3 is 2.80 bits per heavy atom. The standard InChI is InChI=1S/C11H19N3O/c1-3-4-11(5-6-11)8-12-7-10-13-9(2)15-14-10/h12H,3-8H2,1-2H3. The van der Waals surface area contributed by atoms with Crippen LogP contribution >= 0.6 is 0 Å². The van der Waals surface area contributed by atoms with E-state index in [2.05, 4.69) is 22.4 Å². The van der Waals surface area contributed by atoms with Gasteiger partial charge >= 0.3 is 0 Å². The summed E-state index contributed by atoms with van der Waals surface area (Å²) in [5.41, 5.74) is 0.591. The fourth-order valence-electron chi connectivity index (χ4n) is 2.07. The summed E-state index contributed by atoms with van der Waals surface area (Å²) in [5.74, 6) is 1.40. The third-order valence-corrected chi connectivity index (χ3v) is 3.09. The van der Waals surface area contributed by atoms with Crippen molar-refractivity contribution in [3.8, 4) is 0 Å². The van der Waals surface area contributed by atoms with E-state index in [0.717, 1.165) is 18.9 Å². The van der Waals surface area contributed by atoms with Crippen LogP contribution < -0.4 is 5.32 Å². The minimum absolute atomic E-state index is 0.591. The molecule has 0 bridgehead atoms. The third-order valence-electron chi connectivity index (χ3n) is 3.09. The quantitative estimate of drug-likeness (QED) is 0.779. The first-order valence-corrected chi connectivity index (χ1v) is 5.74. The minimum atomic E-state index is 0.591. The molecule has 1 heterocycles. The predicted octanol–water partition coefficient (Wildman–Crippen LogP) is 2.05. The maximum atomic E-state index is 4.91. The molecular formula is C11H19N3O. The van der Waals surface area contributed by atoms with Crippen molar-refractivity contribution in [2.24, 2.45) is 5.41 Å². The molecule has 0 aromatic carbocycles. The maximum absolute atomic E-state index is 4.91. The van der Waals surface area contributed by atoms with E-state index in [4.69, 9.17) is 4.52 Å². The molecule has 1 aliphatic carbocycles. The summed E-state index contributed by atoms with van der Waals surface area (Å²) in [6.45, 7) is 5.88. The molecule has 1 aromatic rings. The average molecular weight is 209 g/mol. The Morgan fingerprint density at radius 2 is 2.27 bits per heavy atom. The molecule has 84 valence electrons. The molecule has 15 heavy (non-hydrogen) atoms. The monoisotopic (exact) mass is 209 g/mol. The Morgan fingerprint density at radius 1 is 1.47 bits per heavy atom. The lowest BCUT2D eigenvalue weighted by molar-refractivity contribution is 0.379. The van der Waals surface area contributed by atoms with Gasteiger partial charge < -0.3 is 9.84 Å². The van der Waals surface area contributed by atoms with Gasteiger partial charge in [0.15, 0.2) is 5.82 Å². The van der Waals surface area contributed by atoms with Crippen LogP contribution in [0.5, 0.6) is 0 Å². The molecule has 1 aromatic heterocycles. The van der Waals surface area contributed by atoms with E-state index >= 15 is 0 Å². The molecule has 1 N–H and O–H groups in total. The van der Waals surface area contributed by atoms with Crippen LogP contribution in [0.2, 0.25) is 0 Å². The lowest BCUT2D eigenvalue weighted by Crippen LogP contribution is -2.24. The van der Waals surface area contributed by atoms with Crippen LogP contribution in [0.1, 0.15) is 44.3 Å². The van der Waals surface area contributed by atoms with Gasteiger partial charge in [-0.2, -0.15) is 4.98 Å². The predicted molar refractivity (Wildman–Crippen MR) is 57.3 cm³/mol. The summed E-state index contributed by atoms with van der Waals surface area (Å²) in [5, 5.41) is 7.27. The van der Waals surface area contributed by atoms with E-state index in [-0.39, 0.29) is 0 Å². The molecule has 0 radical (unpaired) electrons. The summed E-state index contributed by atoms with van der Waals surface area (Å²) in [6.07, 6.45) is 5.37. The van der Waals surface area contributed by atoms with Crippen molar-refractivity contribution in [1.82, 2.24) is 15.5 Å². The lowest BCUT2D eigenvalue weighted by atomic mass is 10.0. The van der Waals surface area contributed by atoms with Crippen LogP contribution in [0.15, 0.2) is 4.52 Å². The number of aryl methyl sites for hydroxylation is 1. The van der Waals surface area contributed by atoms with Crippen LogP contribution in [0.25, 0.3) is 0 Å². The SMILES string of the molecule is CCCC1(CNCc2noc(C)n2)CC1. The first kappa shape index (κ1) is 10.6. The molecule has 0 amide bonds. The molecular weight excluding hydrogens is 190 g/mol. The molecule has 4 nitrogen and oxygen atoms in total. The summed E-state index contributed by atoms with van der Waals surface area (Å²) in [7, 11) is 0. The van der Waals surface area contributed by atoms with E-state index in [1.807, 2.05) is 6.92 Å². The van der Waals surface area contributed by atoms with E-state index in [0.29, 0.717) is 11.3 Å². The fourth-order valence-corrected chi connectivity index (χ4v) is 2.07. The van der Waals surface area contributed by atoms with Crippen molar-refractivity contribution in [2.75, 3.05) is 6.54 Å². The first-order valence-electron chi connectivity index (χ1n) is 5.74. The van der Waals surface area contributed by atoms with E-state index in [9.17, 15) is 0 Å². The number of hydrogen-bond donors (Lipinski definition) is 1. The van der Waals surface area contributed by atoms with Gasteiger partial charge in [-0.1, -0.05) is 18.5 Å². The highest BCUT2D eigenvalue weighted by Crippen LogP contribution is 2.48. The molecule has 1 fully saturated rings. The van der Waals surface area contributed by atoms with Crippen LogP contribution in [-0.2, 0) is 6.54 Å². The Bertz CT molecular complexity index is 317. The number of aromatic nitrogens is 2. The van der Waals surface area contributed by atoms with E-state index in [1.54, 1.807) is 0 Å². The highest BCUT2D eigenvalue weighted by molar-refractivity contribution is 4.95. The average Bonchev–Trinajstić information content (AvgIpc) is 2.83. The highest BCUT2D eigenvalue weighted by Gasteiger charge is 2.40. The van der Waals surface area contributed by atoms with Crippen LogP contribution in [0, 0.1) is 12.3 Å². The van der Waals surface area contributed by atoms with Crippen molar-refractivity contribution in [2.45, 2.75) is 46.1 Å². The molecule has 0 spiro atoms. The zero-order valence-electron chi connectivity index (χ0n) is 9.55. The molecule has 2 rings (SSSR count). The van der Waals surface area contributed by atoms with Crippen molar-refractivity contribution < 1.29 is 4.52 Å². The Balaban J connectivity index is 1.71. The largest absolute Gasteiger partial charge is 0.340 e. The maximum Gasteiger partial charge on any atom is 0.223 e. The second kappa shape index (κ2) is 4.31. The second-order valence-electron chi connectivity index (χ2n) is 4.58. The molecule has 4 heteroatoms. The molecule has 0 unspecified atom stereocenters. The zero-order chi connectivity index (χ0) is 10.7. The number of nitrogens with zero attached hydrogens (tertiary/aromatic N) is 2. The van der Waals surface area contributed by atoms with Gasteiger partial charge in [0.2, 0.25) is 5.89 Å². The van der Waals surface area contributed by atoms with Gasteiger partial charge in [-0.15, -0.1) is 0 Å². The van der Waals surface area contributed by atoms with E-state index < -0.39 is 0 Å². The smallest absolute Gasteiger partial charge is 0.223 e. The number of rotatable bonds is 6. The number of nitrogens with one attached hydrogen (secondary N) is 1. The summed E-state index contributed by atoms with van der Waals surface area (Å²) in [4.78, 5) is 4.16. The summed E-state index contributed by atoms with van der Waals surface area (Å²) in [6, 6.07) is 0. The van der Waals surface area contributed by atoms with Gasteiger partial charge in [-0.25, -0.2) is 0 Å². The van der Waals surface area contributed by atoms with E-state index in [1.165, 1.54) is 25.7 Å². The van der Waals surface area contributed by atoms with Gasteiger partial charge in [-0.05, 0) is 24.7 Å². The normalized spacial score (nSPS) is 18.0. The zero-order valence-corrected chi connectivity index (χ0v) is 9.55. The molecule has 0 atom stereocenters. The van der Waals surface area contributed by atoms with Gasteiger partial charge in [0.25, 0.3) is 0 Å². The highest BCUT2D eigenvalue weighted by atomic mass is 16.5. The van der Waals surface area contributed by atoms with Crippen molar-refractivity contribution >= 4 is 0 Å². The van der Waals surface area contributed by atoms with Crippen molar-refractivity contribution in [3.05, 3.63) is 11.7 Å². The van der Waals surface area contributed by atoms with Gasteiger partial charge in [0.1, 0.15) is 0 Å². The van der Waals surface area contributed by atoms with Crippen molar-refractivity contribution in [1.29, 1.82) is 0 Å². The molecule has 0 aliphatic heterocycles. The first-order chi connectivity index (χ1) is 7.24. The molecule has 1 saturated carbocycles. The van der Waals surface area contributed by atoms with Gasteiger partial charge in [-0.3, -0.25) is 0 Å². The minimum Gasteiger partial charge on any atom is -0.340 e. The topological polar surface area (TPSA) is 51.0 Å². The number of hydrogen-bond acceptors (Lipinski definition) is 4. The third kappa shape index (κ3) is 2.78.